The van der Waals surface area contributed by atoms with Crippen LogP contribution in [-0.4, -0.2) is 16.5 Å². The van der Waals surface area contributed by atoms with Crippen LogP contribution < -0.4 is 0 Å². The topological polar surface area (TPSA) is 60.2 Å². The third-order valence-electron chi connectivity index (χ3n) is 6.41. The number of nitrogens with zero attached hydrogens (tertiary/aromatic N) is 1. The third-order valence-corrected chi connectivity index (χ3v) is 7.51. The van der Waals surface area contributed by atoms with E-state index < -0.39 is 4.92 Å². The highest BCUT2D eigenvalue weighted by atomic mass is 32.2. The number of benzene rings is 2. The molecule has 2 aromatic carbocycles. The molecule has 0 aromatic heterocycles. The minimum atomic E-state index is -0.436. The predicted octanol–water partition coefficient (Wildman–Crippen LogP) is 10.1. The van der Waals surface area contributed by atoms with Gasteiger partial charge in [-0.15, -0.1) is 11.8 Å². The summed E-state index contributed by atoms with van der Waals surface area (Å²) in [4.78, 5) is 24.1. The number of unbranched alkanes of at least 4 members (excludes halogenated alkanes) is 13. The van der Waals surface area contributed by atoms with Gasteiger partial charge in [-0.1, -0.05) is 109 Å². The molecule has 0 aliphatic carbocycles. The number of thioether (sulfide) groups is 1. The molecule has 0 spiro atoms. The van der Waals surface area contributed by atoms with E-state index in [9.17, 15) is 14.9 Å². The fraction of sp³-hybridized carbons (Fsp3) is 0.516. The van der Waals surface area contributed by atoms with Crippen LogP contribution in [0, 0.1) is 10.1 Å². The molecule has 36 heavy (non-hydrogen) atoms. The lowest BCUT2D eigenvalue weighted by atomic mass is 10.0. The number of ketones is 1. The molecule has 0 bridgehead atoms. The molecule has 0 heterocycles. The lowest BCUT2D eigenvalue weighted by Crippen LogP contribution is -1.94. The Morgan fingerprint density at radius 1 is 0.806 bits per heavy atom. The van der Waals surface area contributed by atoms with Gasteiger partial charge in [-0.05, 0) is 48.1 Å². The van der Waals surface area contributed by atoms with Crippen LogP contribution >= 0.6 is 11.8 Å². The van der Waals surface area contributed by atoms with Crippen LogP contribution in [0.25, 0.3) is 6.08 Å². The lowest BCUT2D eigenvalue weighted by molar-refractivity contribution is -0.384. The summed E-state index contributed by atoms with van der Waals surface area (Å²) >= 11 is 1.85. The van der Waals surface area contributed by atoms with Crippen molar-refractivity contribution in [1.82, 2.24) is 0 Å². The van der Waals surface area contributed by atoms with Crippen molar-refractivity contribution in [3.63, 3.8) is 0 Å². The summed E-state index contributed by atoms with van der Waals surface area (Å²) in [6.45, 7) is 2.27. The minimum Gasteiger partial charge on any atom is -0.289 e. The fourth-order valence-electron chi connectivity index (χ4n) is 4.21. The van der Waals surface area contributed by atoms with Crippen LogP contribution in [0.5, 0.6) is 0 Å². The Labute approximate surface area is 222 Å². The Morgan fingerprint density at radius 2 is 1.36 bits per heavy atom. The second-order valence-electron chi connectivity index (χ2n) is 9.52. The molecule has 0 radical (unpaired) electrons. The maximum Gasteiger partial charge on any atom is 0.270 e. The first-order valence-corrected chi connectivity index (χ1v) is 14.8. The highest BCUT2D eigenvalue weighted by Crippen LogP contribution is 2.21. The molecule has 196 valence electrons. The van der Waals surface area contributed by atoms with Gasteiger partial charge in [0.2, 0.25) is 0 Å². The summed E-state index contributed by atoms with van der Waals surface area (Å²) in [5.41, 5.74) is 1.28. The first-order valence-electron chi connectivity index (χ1n) is 13.8. The predicted molar refractivity (Wildman–Crippen MR) is 154 cm³/mol. The van der Waals surface area contributed by atoms with Crippen molar-refractivity contribution in [1.29, 1.82) is 0 Å². The number of non-ortho nitro benzene ring substituents is 1. The first kappa shape index (κ1) is 29.8. The zero-order chi connectivity index (χ0) is 25.8. The first-order chi connectivity index (χ1) is 17.6. The maximum absolute atomic E-state index is 12.4. The molecule has 5 heteroatoms. The van der Waals surface area contributed by atoms with Gasteiger partial charge < -0.3 is 0 Å². The zero-order valence-corrected chi connectivity index (χ0v) is 22.8. The highest BCUT2D eigenvalue weighted by Gasteiger charge is 2.06. The summed E-state index contributed by atoms with van der Waals surface area (Å²) < 4.78 is 0. The molecule has 0 amide bonds. The standard InChI is InChI=1S/C31H43NO3S/c1-2-3-4-5-6-7-8-9-10-11-12-13-14-15-25-36-30-22-20-28(21-23-30)31(33)24-19-27-17-16-18-29(26-27)32(34)35/h16-24,26H,2-15,25H2,1H3. The van der Waals surface area contributed by atoms with E-state index >= 15 is 0 Å². The number of carbonyl (C=O) groups excluding carboxylic acids is 1. The minimum absolute atomic E-state index is 0.0183. The summed E-state index contributed by atoms with van der Waals surface area (Å²) in [6, 6.07) is 14.0. The summed E-state index contributed by atoms with van der Waals surface area (Å²) in [5.74, 6) is 1.00. The molecule has 2 aromatic rings. The Kier molecular flexibility index (Phi) is 15.6. The van der Waals surface area contributed by atoms with Gasteiger partial charge in [0.1, 0.15) is 0 Å². The number of rotatable bonds is 20. The molecule has 0 unspecified atom stereocenters. The molecule has 0 N–H and O–H groups in total. The van der Waals surface area contributed by atoms with Gasteiger partial charge in [-0.3, -0.25) is 14.9 Å². The van der Waals surface area contributed by atoms with E-state index in [2.05, 4.69) is 6.92 Å². The zero-order valence-electron chi connectivity index (χ0n) is 22.0. The monoisotopic (exact) mass is 509 g/mol. The summed E-state index contributed by atoms with van der Waals surface area (Å²) in [6.07, 6.45) is 22.4. The largest absolute Gasteiger partial charge is 0.289 e. The lowest BCUT2D eigenvalue weighted by Gasteiger charge is -2.04. The molecular formula is C31H43NO3S. The fourth-order valence-corrected chi connectivity index (χ4v) is 5.12. The van der Waals surface area contributed by atoms with Crippen molar-refractivity contribution in [3.8, 4) is 0 Å². The van der Waals surface area contributed by atoms with Crippen LogP contribution in [0.3, 0.4) is 0 Å². The van der Waals surface area contributed by atoms with Crippen LogP contribution in [0.2, 0.25) is 0 Å². The van der Waals surface area contributed by atoms with Crippen molar-refractivity contribution >= 4 is 29.3 Å². The summed E-state index contributed by atoms with van der Waals surface area (Å²) in [7, 11) is 0. The molecule has 0 saturated heterocycles. The normalized spacial score (nSPS) is 11.2. The molecule has 0 saturated carbocycles. The molecule has 0 aliphatic rings. The molecule has 4 nitrogen and oxygen atoms in total. The average Bonchev–Trinajstić information content (AvgIpc) is 2.90. The molecule has 2 rings (SSSR count). The van der Waals surface area contributed by atoms with Crippen molar-refractivity contribution < 1.29 is 9.72 Å². The molecular weight excluding hydrogens is 466 g/mol. The van der Waals surface area contributed by atoms with E-state index in [0.29, 0.717) is 11.1 Å². The maximum atomic E-state index is 12.4. The van der Waals surface area contributed by atoms with Crippen LogP contribution in [0.4, 0.5) is 5.69 Å². The van der Waals surface area contributed by atoms with E-state index in [1.807, 2.05) is 36.0 Å². The SMILES string of the molecule is CCCCCCCCCCCCCCCCSc1ccc(C(=O)C=Cc2cccc([N+](=O)[O-])c2)cc1. The smallest absolute Gasteiger partial charge is 0.270 e. The average molecular weight is 510 g/mol. The Hall–Kier alpha value is -2.40. The Morgan fingerprint density at radius 3 is 1.92 bits per heavy atom. The van der Waals surface area contributed by atoms with Gasteiger partial charge in [0, 0.05) is 22.6 Å². The van der Waals surface area contributed by atoms with Gasteiger partial charge in [0.25, 0.3) is 5.69 Å². The van der Waals surface area contributed by atoms with Gasteiger partial charge in [0.15, 0.2) is 5.78 Å². The van der Waals surface area contributed by atoms with E-state index in [4.69, 9.17) is 0 Å². The number of hydrogen-bond donors (Lipinski definition) is 0. The number of allylic oxidation sites excluding steroid dienone is 1. The highest BCUT2D eigenvalue weighted by molar-refractivity contribution is 7.99. The molecule has 0 aliphatic heterocycles. The second kappa shape index (κ2) is 18.8. The molecule has 0 fully saturated rings. The van der Waals surface area contributed by atoms with E-state index in [1.165, 1.54) is 113 Å². The van der Waals surface area contributed by atoms with E-state index in [0.717, 1.165) is 5.75 Å². The van der Waals surface area contributed by atoms with E-state index in [1.54, 1.807) is 18.2 Å². The van der Waals surface area contributed by atoms with Gasteiger partial charge >= 0.3 is 0 Å². The van der Waals surface area contributed by atoms with Gasteiger partial charge in [-0.2, -0.15) is 0 Å². The van der Waals surface area contributed by atoms with Crippen molar-refractivity contribution in [3.05, 3.63) is 75.8 Å². The third kappa shape index (κ3) is 13.1. The van der Waals surface area contributed by atoms with Crippen LogP contribution in [0.1, 0.15) is 113 Å². The van der Waals surface area contributed by atoms with Crippen molar-refractivity contribution in [2.45, 2.75) is 102 Å². The summed E-state index contributed by atoms with van der Waals surface area (Å²) in [5, 5.41) is 10.9. The van der Waals surface area contributed by atoms with Gasteiger partial charge in [0.05, 0.1) is 4.92 Å². The second-order valence-corrected chi connectivity index (χ2v) is 10.7. The molecule has 0 atom stereocenters. The van der Waals surface area contributed by atoms with Crippen molar-refractivity contribution in [2.24, 2.45) is 0 Å². The number of nitro benzene ring substituents is 1. The van der Waals surface area contributed by atoms with E-state index in [-0.39, 0.29) is 11.5 Å². The number of carbonyl (C=O) groups is 1. The Balaban J connectivity index is 1.52. The van der Waals surface area contributed by atoms with Crippen molar-refractivity contribution in [2.75, 3.05) is 5.75 Å². The Bertz CT molecular complexity index is 924. The number of hydrogen-bond acceptors (Lipinski definition) is 4. The number of nitro groups is 1. The quantitative estimate of drug-likeness (QED) is 0.0445. The van der Waals surface area contributed by atoms with Crippen LogP contribution in [-0.2, 0) is 0 Å². The van der Waals surface area contributed by atoms with Gasteiger partial charge in [-0.25, -0.2) is 0 Å². The van der Waals surface area contributed by atoms with Crippen LogP contribution in [0.15, 0.2) is 59.5 Å².